The highest BCUT2D eigenvalue weighted by molar-refractivity contribution is 5.82. The second-order valence-electron chi connectivity index (χ2n) is 5.05. The van der Waals surface area contributed by atoms with E-state index in [9.17, 15) is 9.59 Å². The van der Waals surface area contributed by atoms with E-state index < -0.39 is 18.2 Å². The van der Waals surface area contributed by atoms with E-state index in [1.165, 1.54) is 0 Å². The normalized spacial score (nSPS) is 37.0. The molecule has 1 saturated heterocycles. The van der Waals surface area contributed by atoms with Gasteiger partial charge in [0.15, 0.2) is 6.10 Å². The number of amides is 1. The molecule has 5 nitrogen and oxygen atoms in total. The van der Waals surface area contributed by atoms with Crippen molar-refractivity contribution >= 4 is 11.9 Å². The second-order valence-corrected chi connectivity index (χ2v) is 5.05. The van der Waals surface area contributed by atoms with Crippen molar-refractivity contribution in [3.05, 3.63) is 0 Å². The Hall–Kier alpha value is -1.10. The Bertz CT molecular complexity index is 318. The topological polar surface area (TPSA) is 75.6 Å². The molecule has 1 amide bonds. The van der Waals surface area contributed by atoms with Crippen molar-refractivity contribution < 1.29 is 19.4 Å². The summed E-state index contributed by atoms with van der Waals surface area (Å²) < 4.78 is 5.22. The van der Waals surface area contributed by atoms with Gasteiger partial charge in [-0.2, -0.15) is 0 Å². The Morgan fingerprint density at radius 2 is 1.88 bits per heavy atom. The minimum atomic E-state index is -0.977. The molecule has 4 atom stereocenters. The van der Waals surface area contributed by atoms with Crippen molar-refractivity contribution in [1.82, 2.24) is 5.32 Å². The average molecular weight is 241 g/mol. The minimum absolute atomic E-state index is 0.146. The zero-order chi connectivity index (χ0) is 12.4. The van der Waals surface area contributed by atoms with Gasteiger partial charge in [0.1, 0.15) is 6.10 Å². The molecule has 2 fully saturated rings. The number of hydrogen-bond donors (Lipinski definition) is 2. The summed E-state index contributed by atoms with van der Waals surface area (Å²) in [6.45, 7) is 2.13. The van der Waals surface area contributed by atoms with Crippen LogP contribution in [-0.4, -0.2) is 35.2 Å². The summed E-state index contributed by atoms with van der Waals surface area (Å²) in [6.07, 6.45) is 2.85. The van der Waals surface area contributed by atoms with Crippen molar-refractivity contribution in [3.8, 4) is 0 Å². The number of carboxylic acids is 1. The summed E-state index contributed by atoms with van der Waals surface area (Å²) in [5.74, 6) is -0.613. The molecule has 4 unspecified atom stereocenters. The van der Waals surface area contributed by atoms with Gasteiger partial charge in [0, 0.05) is 6.04 Å². The van der Waals surface area contributed by atoms with Gasteiger partial charge in [0.25, 0.3) is 0 Å². The molecule has 0 aromatic rings. The van der Waals surface area contributed by atoms with Gasteiger partial charge in [-0.1, -0.05) is 13.3 Å². The smallest absolute Gasteiger partial charge is 0.332 e. The van der Waals surface area contributed by atoms with E-state index in [1.54, 1.807) is 0 Å². The Morgan fingerprint density at radius 3 is 2.41 bits per heavy atom. The number of carbonyl (C=O) groups excluding carboxylic acids is 1. The van der Waals surface area contributed by atoms with Crippen LogP contribution in [0.4, 0.5) is 0 Å². The second kappa shape index (κ2) is 5.04. The predicted octanol–water partition coefficient (Wildman–Crippen LogP) is 0.923. The van der Waals surface area contributed by atoms with Gasteiger partial charge < -0.3 is 15.2 Å². The summed E-state index contributed by atoms with van der Waals surface area (Å²) in [7, 11) is 0. The molecule has 0 aromatic heterocycles. The lowest BCUT2D eigenvalue weighted by Gasteiger charge is -2.19. The number of rotatable bonds is 3. The Balaban J connectivity index is 1.83. The Kier molecular flexibility index (Phi) is 3.66. The largest absolute Gasteiger partial charge is 0.479 e. The monoisotopic (exact) mass is 241 g/mol. The van der Waals surface area contributed by atoms with E-state index in [1.807, 2.05) is 0 Å². The number of nitrogens with one attached hydrogen (secondary N) is 1. The lowest BCUT2D eigenvalue weighted by molar-refractivity contribution is -0.152. The highest BCUT2D eigenvalue weighted by atomic mass is 16.5. The molecule has 0 radical (unpaired) electrons. The predicted molar refractivity (Wildman–Crippen MR) is 60.5 cm³/mol. The van der Waals surface area contributed by atoms with E-state index >= 15 is 0 Å². The van der Waals surface area contributed by atoms with Gasteiger partial charge in [-0.05, 0) is 31.6 Å². The summed E-state index contributed by atoms with van der Waals surface area (Å²) in [5, 5.41) is 11.8. The molecule has 1 saturated carbocycles. The van der Waals surface area contributed by atoms with E-state index in [0.717, 1.165) is 19.3 Å². The van der Waals surface area contributed by atoms with Crippen LogP contribution in [0.1, 0.15) is 39.0 Å². The first-order valence-corrected chi connectivity index (χ1v) is 6.26. The van der Waals surface area contributed by atoms with Crippen LogP contribution in [-0.2, 0) is 14.3 Å². The van der Waals surface area contributed by atoms with Gasteiger partial charge in [-0.15, -0.1) is 0 Å². The first-order valence-electron chi connectivity index (χ1n) is 6.26. The van der Waals surface area contributed by atoms with Gasteiger partial charge in [0.2, 0.25) is 5.91 Å². The zero-order valence-corrected chi connectivity index (χ0v) is 10.0. The fourth-order valence-corrected chi connectivity index (χ4v) is 2.65. The third-order valence-corrected chi connectivity index (χ3v) is 3.78. The maximum atomic E-state index is 11.9. The molecule has 17 heavy (non-hydrogen) atoms. The molecular weight excluding hydrogens is 222 g/mol. The standard InChI is InChI=1S/C12H19NO4/c1-7-3-2-4-8(7)13-11(14)9-5-6-10(17-9)12(15)16/h7-10H,2-6H2,1H3,(H,13,14)(H,15,16). The van der Waals surface area contributed by atoms with Crippen molar-refractivity contribution in [3.63, 3.8) is 0 Å². The quantitative estimate of drug-likeness (QED) is 0.770. The fourth-order valence-electron chi connectivity index (χ4n) is 2.65. The Labute approximate surface area is 101 Å². The summed E-state index contributed by atoms with van der Waals surface area (Å²) in [4.78, 5) is 22.6. The number of carboxylic acid groups (broad SMARTS) is 1. The molecule has 0 spiro atoms. The van der Waals surface area contributed by atoms with Crippen LogP contribution in [0, 0.1) is 5.92 Å². The summed E-state index contributed by atoms with van der Waals surface area (Å²) in [5.41, 5.74) is 0. The number of hydrogen-bond acceptors (Lipinski definition) is 3. The van der Waals surface area contributed by atoms with Crippen LogP contribution in [0.15, 0.2) is 0 Å². The molecule has 2 aliphatic rings. The van der Waals surface area contributed by atoms with E-state index in [-0.39, 0.29) is 11.9 Å². The number of carbonyl (C=O) groups is 2. The molecule has 2 N–H and O–H groups in total. The third kappa shape index (κ3) is 2.77. The number of aliphatic carboxylic acids is 1. The van der Waals surface area contributed by atoms with Crippen LogP contribution in [0.2, 0.25) is 0 Å². The summed E-state index contributed by atoms with van der Waals surface area (Å²) >= 11 is 0. The third-order valence-electron chi connectivity index (χ3n) is 3.78. The van der Waals surface area contributed by atoms with E-state index in [2.05, 4.69) is 12.2 Å². The zero-order valence-electron chi connectivity index (χ0n) is 10.0. The van der Waals surface area contributed by atoms with Crippen LogP contribution in [0.5, 0.6) is 0 Å². The van der Waals surface area contributed by atoms with E-state index in [0.29, 0.717) is 18.8 Å². The van der Waals surface area contributed by atoms with Gasteiger partial charge in [-0.25, -0.2) is 4.79 Å². The lowest BCUT2D eigenvalue weighted by atomic mass is 10.1. The minimum Gasteiger partial charge on any atom is -0.479 e. The SMILES string of the molecule is CC1CCCC1NC(=O)C1CCC(C(=O)O)O1. The Morgan fingerprint density at radius 1 is 1.18 bits per heavy atom. The molecule has 5 heteroatoms. The molecular formula is C12H19NO4. The van der Waals surface area contributed by atoms with Gasteiger partial charge in [-0.3, -0.25) is 4.79 Å². The molecule has 1 aliphatic heterocycles. The molecule has 1 heterocycles. The van der Waals surface area contributed by atoms with Crippen molar-refractivity contribution in [2.24, 2.45) is 5.92 Å². The molecule has 1 aliphatic carbocycles. The highest BCUT2D eigenvalue weighted by Gasteiger charge is 2.36. The first-order chi connectivity index (χ1) is 8.08. The van der Waals surface area contributed by atoms with Crippen molar-refractivity contribution in [2.75, 3.05) is 0 Å². The maximum Gasteiger partial charge on any atom is 0.332 e. The molecule has 2 rings (SSSR count). The highest BCUT2D eigenvalue weighted by Crippen LogP contribution is 2.26. The first kappa shape index (κ1) is 12.4. The summed E-state index contributed by atoms with van der Waals surface area (Å²) in [6, 6.07) is 0.231. The average Bonchev–Trinajstić information content (AvgIpc) is 2.88. The van der Waals surface area contributed by atoms with E-state index in [4.69, 9.17) is 9.84 Å². The molecule has 0 bridgehead atoms. The fraction of sp³-hybridized carbons (Fsp3) is 0.833. The molecule has 0 aromatic carbocycles. The van der Waals surface area contributed by atoms with Gasteiger partial charge in [0.05, 0.1) is 0 Å². The van der Waals surface area contributed by atoms with Crippen molar-refractivity contribution in [2.45, 2.75) is 57.3 Å². The van der Waals surface area contributed by atoms with Crippen LogP contribution in [0.3, 0.4) is 0 Å². The molecule has 96 valence electrons. The maximum absolute atomic E-state index is 11.9. The van der Waals surface area contributed by atoms with Crippen molar-refractivity contribution in [1.29, 1.82) is 0 Å². The van der Waals surface area contributed by atoms with Crippen LogP contribution >= 0.6 is 0 Å². The van der Waals surface area contributed by atoms with Crippen LogP contribution in [0.25, 0.3) is 0 Å². The number of ether oxygens (including phenoxy) is 1. The van der Waals surface area contributed by atoms with Gasteiger partial charge >= 0.3 is 5.97 Å². The van der Waals surface area contributed by atoms with Crippen LogP contribution < -0.4 is 5.32 Å². The lowest BCUT2D eigenvalue weighted by Crippen LogP contribution is -2.42.